The summed E-state index contributed by atoms with van der Waals surface area (Å²) in [5.74, 6) is -0.505. The largest absolute Gasteiger partial charge is 0.494 e. The lowest BCUT2D eigenvalue weighted by molar-refractivity contribution is -0.147. The van der Waals surface area contributed by atoms with Crippen LogP contribution in [-0.2, 0) is 14.3 Å². The average molecular weight is 436 g/mol. The Morgan fingerprint density at radius 1 is 1.23 bits per heavy atom. The number of thiocarbonyl (C=S) groups is 1. The van der Waals surface area contributed by atoms with Gasteiger partial charge in [0.25, 0.3) is 5.91 Å². The molecule has 0 radical (unpaired) electrons. The van der Waals surface area contributed by atoms with Gasteiger partial charge in [-0.2, -0.15) is 0 Å². The minimum atomic E-state index is -0.815. The monoisotopic (exact) mass is 435 g/mol. The summed E-state index contributed by atoms with van der Waals surface area (Å²) in [4.78, 5) is 38.2. The Bertz CT molecular complexity index is 754. The second-order valence-corrected chi connectivity index (χ2v) is 7.24. The predicted octanol–water partition coefficient (Wildman–Crippen LogP) is 2.02. The van der Waals surface area contributed by atoms with Crippen LogP contribution < -0.4 is 15.4 Å². The quantitative estimate of drug-likeness (QED) is 0.348. The Labute approximate surface area is 182 Å². The van der Waals surface area contributed by atoms with Crippen LogP contribution in [0.4, 0.5) is 0 Å². The van der Waals surface area contributed by atoms with Crippen LogP contribution in [0, 0.1) is 0 Å². The van der Waals surface area contributed by atoms with E-state index in [1.54, 1.807) is 36.1 Å². The van der Waals surface area contributed by atoms with Crippen LogP contribution in [0.1, 0.15) is 49.9 Å². The zero-order valence-electron chi connectivity index (χ0n) is 17.4. The first kappa shape index (κ1) is 23.6. The summed E-state index contributed by atoms with van der Waals surface area (Å²) in [7, 11) is 0. The Morgan fingerprint density at radius 3 is 2.63 bits per heavy atom. The highest BCUT2D eigenvalue weighted by atomic mass is 32.1. The third-order valence-electron chi connectivity index (χ3n) is 4.61. The molecule has 1 aromatic rings. The van der Waals surface area contributed by atoms with Gasteiger partial charge in [-0.25, -0.2) is 0 Å². The molecule has 2 N–H and O–H groups in total. The second-order valence-electron chi connectivity index (χ2n) is 6.85. The molecular formula is C21H29N3O5S. The Balaban J connectivity index is 1.95. The number of carbonyl (C=O) groups excluding carboxylic acids is 3. The Kier molecular flexibility index (Phi) is 9.53. The van der Waals surface area contributed by atoms with Gasteiger partial charge in [0.05, 0.1) is 19.6 Å². The van der Waals surface area contributed by atoms with E-state index in [1.165, 1.54) is 0 Å². The Morgan fingerprint density at radius 2 is 1.97 bits per heavy atom. The lowest BCUT2D eigenvalue weighted by atomic mass is 10.1. The average Bonchev–Trinajstić information content (AvgIpc) is 2.73. The molecule has 1 fully saturated rings. The zero-order valence-corrected chi connectivity index (χ0v) is 18.3. The van der Waals surface area contributed by atoms with Gasteiger partial charge in [0.1, 0.15) is 11.8 Å². The number of amides is 2. The van der Waals surface area contributed by atoms with Crippen molar-refractivity contribution in [2.45, 2.75) is 45.6 Å². The van der Waals surface area contributed by atoms with Crippen LogP contribution in [0.3, 0.4) is 0 Å². The maximum Gasteiger partial charge on any atom is 0.308 e. The first-order valence-electron chi connectivity index (χ1n) is 10.2. The predicted molar refractivity (Wildman–Crippen MR) is 116 cm³/mol. The number of rotatable bonds is 9. The molecule has 0 spiro atoms. The van der Waals surface area contributed by atoms with Crippen molar-refractivity contribution >= 4 is 35.1 Å². The molecule has 0 aliphatic carbocycles. The molecule has 1 saturated heterocycles. The molecule has 1 aliphatic heterocycles. The van der Waals surface area contributed by atoms with Gasteiger partial charge in [-0.1, -0.05) is 19.8 Å². The van der Waals surface area contributed by atoms with Crippen molar-refractivity contribution < 1.29 is 23.9 Å². The van der Waals surface area contributed by atoms with Crippen LogP contribution in [0.5, 0.6) is 5.75 Å². The highest BCUT2D eigenvalue weighted by Gasteiger charge is 2.34. The number of nitrogens with zero attached hydrogens (tertiary/aromatic N) is 1. The van der Waals surface area contributed by atoms with Crippen molar-refractivity contribution in [1.29, 1.82) is 0 Å². The molecule has 1 aromatic carbocycles. The molecule has 9 heteroatoms. The highest BCUT2D eigenvalue weighted by Crippen LogP contribution is 2.14. The van der Waals surface area contributed by atoms with Crippen LogP contribution in [0.15, 0.2) is 24.3 Å². The fourth-order valence-corrected chi connectivity index (χ4v) is 3.34. The number of hydrogen-bond donors (Lipinski definition) is 2. The van der Waals surface area contributed by atoms with E-state index in [9.17, 15) is 14.4 Å². The smallest absolute Gasteiger partial charge is 0.308 e. The van der Waals surface area contributed by atoms with Gasteiger partial charge in [-0.15, -0.1) is 0 Å². The maximum absolute atomic E-state index is 12.6. The van der Waals surface area contributed by atoms with Crippen molar-refractivity contribution in [2.75, 3.05) is 26.3 Å². The van der Waals surface area contributed by atoms with Gasteiger partial charge in [-0.05, 0) is 49.8 Å². The van der Waals surface area contributed by atoms with E-state index in [0.29, 0.717) is 31.0 Å². The summed E-state index contributed by atoms with van der Waals surface area (Å²) in [6.07, 6.45) is 3.09. The van der Waals surface area contributed by atoms with E-state index in [1.807, 2.05) is 0 Å². The molecule has 1 unspecified atom stereocenters. The fourth-order valence-electron chi connectivity index (χ4n) is 3.02. The number of esters is 1. The first-order valence-corrected chi connectivity index (χ1v) is 10.6. The number of piperazine rings is 1. The molecule has 2 amide bonds. The van der Waals surface area contributed by atoms with Crippen LogP contribution in [0.25, 0.3) is 0 Å². The molecule has 0 saturated carbocycles. The van der Waals surface area contributed by atoms with E-state index in [2.05, 4.69) is 17.6 Å². The van der Waals surface area contributed by atoms with E-state index in [-0.39, 0.29) is 24.0 Å². The highest BCUT2D eigenvalue weighted by molar-refractivity contribution is 7.80. The molecule has 164 valence electrons. The maximum atomic E-state index is 12.6. The van der Waals surface area contributed by atoms with Gasteiger partial charge in [0.15, 0.2) is 5.11 Å². The third-order valence-corrected chi connectivity index (χ3v) is 4.95. The van der Waals surface area contributed by atoms with Crippen LogP contribution in [0.2, 0.25) is 0 Å². The number of unbranched alkanes of at least 4 members (excludes halogenated alkanes) is 2. The van der Waals surface area contributed by atoms with Crippen molar-refractivity contribution in [1.82, 2.24) is 15.5 Å². The minimum Gasteiger partial charge on any atom is -0.494 e. The second kappa shape index (κ2) is 12.1. The molecule has 0 bridgehead atoms. The molecular weight excluding hydrogens is 406 g/mol. The number of carbonyl (C=O) groups is 3. The summed E-state index contributed by atoms with van der Waals surface area (Å²) < 4.78 is 10.6. The summed E-state index contributed by atoms with van der Waals surface area (Å²) >= 11 is 5.34. The number of ether oxygens (including phenoxy) is 2. The minimum absolute atomic E-state index is 0.101. The standard InChI is InChI=1S/C21H29N3O5S/c1-3-5-6-13-29-16-9-7-15(8-10-16)19(26)23-21(30)24-12-11-22-20(27)17(24)14-18(25)28-4-2/h7-10,17H,3-6,11-14H2,1-2H3,(H,22,27)(H,23,26,30). The zero-order chi connectivity index (χ0) is 21.9. The normalized spacial score (nSPS) is 15.9. The summed E-state index contributed by atoms with van der Waals surface area (Å²) in [5.41, 5.74) is 0.418. The summed E-state index contributed by atoms with van der Waals surface area (Å²) in [6, 6.07) is 5.98. The first-order chi connectivity index (χ1) is 14.5. The SMILES string of the molecule is CCCCCOc1ccc(C(=O)NC(=S)N2CCNC(=O)C2CC(=O)OCC)cc1. The van der Waals surface area contributed by atoms with E-state index < -0.39 is 17.9 Å². The van der Waals surface area contributed by atoms with Crippen molar-refractivity contribution in [2.24, 2.45) is 0 Å². The molecule has 8 nitrogen and oxygen atoms in total. The van der Waals surface area contributed by atoms with Crippen molar-refractivity contribution in [3.8, 4) is 5.75 Å². The van der Waals surface area contributed by atoms with E-state index in [0.717, 1.165) is 19.3 Å². The topological polar surface area (TPSA) is 97.0 Å². The Hall–Kier alpha value is -2.68. The third kappa shape index (κ3) is 6.98. The molecule has 2 rings (SSSR count). The molecule has 1 aliphatic rings. The van der Waals surface area contributed by atoms with Gasteiger partial charge in [0.2, 0.25) is 5.91 Å². The summed E-state index contributed by atoms with van der Waals surface area (Å²) in [5, 5.41) is 5.45. The lowest BCUT2D eigenvalue weighted by Crippen LogP contribution is -2.60. The van der Waals surface area contributed by atoms with E-state index >= 15 is 0 Å². The van der Waals surface area contributed by atoms with Crippen LogP contribution in [-0.4, -0.2) is 60.1 Å². The van der Waals surface area contributed by atoms with Gasteiger partial charge < -0.3 is 19.7 Å². The van der Waals surface area contributed by atoms with Crippen LogP contribution >= 0.6 is 12.2 Å². The number of benzene rings is 1. The van der Waals surface area contributed by atoms with Crippen molar-refractivity contribution in [3.63, 3.8) is 0 Å². The summed E-state index contributed by atoms with van der Waals surface area (Å²) in [6.45, 7) is 5.46. The number of hydrogen-bond acceptors (Lipinski definition) is 6. The van der Waals surface area contributed by atoms with Gasteiger partial charge >= 0.3 is 5.97 Å². The molecule has 1 atom stereocenters. The lowest BCUT2D eigenvalue weighted by Gasteiger charge is -2.36. The van der Waals surface area contributed by atoms with Gasteiger partial charge in [-0.3, -0.25) is 19.7 Å². The molecule has 30 heavy (non-hydrogen) atoms. The molecule has 1 heterocycles. The van der Waals surface area contributed by atoms with E-state index in [4.69, 9.17) is 21.7 Å². The van der Waals surface area contributed by atoms with Crippen molar-refractivity contribution in [3.05, 3.63) is 29.8 Å². The molecule has 0 aromatic heterocycles. The fraction of sp³-hybridized carbons (Fsp3) is 0.524. The number of nitrogens with one attached hydrogen (secondary N) is 2. The van der Waals surface area contributed by atoms with Gasteiger partial charge in [0, 0.05) is 18.7 Å².